The molecule has 0 radical (unpaired) electrons. The Labute approximate surface area is 162 Å². The fraction of sp³-hybridized carbons (Fsp3) is 0.250. The molecule has 142 valence electrons. The fourth-order valence-corrected chi connectivity index (χ4v) is 3.26. The molecule has 3 aromatic rings. The van der Waals surface area contributed by atoms with E-state index in [-0.39, 0.29) is 18.4 Å². The summed E-state index contributed by atoms with van der Waals surface area (Å²) in [7, 11) is 0. The van der Waals surface area contributed by atoms with Crippen LogP contribution in [0.3, 0.4) is 0 Å². The molecule has 0 saturated carbocycles. The molecule has 2 N–H and O–H groups in total. The van der Waals surface area contributed by atoms with Crippen LogP contribution in [0.15, 0.2) is 61.3 Å². The maximum atomic E-state index is 12.7. The Kier molecular flexibility index (Phi) is 5.20. The Morgan fingerprint density at radius 1 is 1.07 bits per heavy atom. The maximum absolute atomic E-state index is 12.7. The van der Waals surface area contributed by atoms with E-state index >= 15 is 0 Å². The Bertz CT molecular complexity index is 920. The van der Waals surface area contributed by atoms with E-state index in [0.717, 1.165) is 11.4 Å². The summed E-state index contributed by atoms with van der Waals surface area (Å²) in [6.07, 6.45) is 7.92. The first-order valence-electron chi connectivity index (χ1n) is 9.05. The summed E-state index contributed by atoms with van der Waals surface area (Å²) < 4.78 is 0. The third-order valence-corrected chi connectivity index (χ3v) is 4.71. The summed E-state index contributed by atoms with van der Waals surface area (Å²) in [5.74, 6) is 0.164. The second-order valence-electron chi connectivity index (χ2n) is 6.72. The van der Waals surface area contributed by atoms with E-state index in [4.69, 9.17) is 0 Å². The number of amides is 1. The van der Waals surface area contributed by atoms with Crippen LogP contribution >= 0.6 is 0 Å². The Morgan fingerprint density at radius 3 is 2.57 bits per heavy atom. The monoisotopic (exact) mass is 376 g/mol. The van der Waals surface area contributed by atoms with Crippen molar-refractivity contribution in [2.45, 2.75) is 12.5 Å². The van der Waals surface area contributed by atoms with Gasteiger partial charge >= 0.3 is 0 Å². The highest BCUT2D eigenvalue weighted by atomic mass is 16.3. The SMILES string of the molecule is O=C(c1cnc(Nc2ccccc2)nc1)N1C[C@@H](Cc2cnccn2)[C@H](O)C1. The van der Waals surface area contributed by atoms with Gasteiger partial charge in [0.1, 0.15) is 0 Å². The van der Waals surface area contributed by atoms with Crippen molar-refractivity contribution in [3.63, 3.8) is 0 Å². The summed E-state index contributed by atoms with van der Waals surface area (Å²) >= 11 is 0. The maximum Gasteiger partial charge on any atom is 0.257 e. The quantitative estimate of drug-likeness (QED) is 0.698. The number of aromatic nitrogens is 4. The first-order valence-corrected chi connectivity index (χ1v) is 9.05. The van der Waals surface area contributed by atoms with Crippen molar-refractivity contribution in [2.24, 2.45) is 5.92 Å². The van der Waals surface area contributed by atoms with E-state index in [9.17, 15) is 9.90 Å². The number of para-hydroxylation sites is 1. The molecule has 4 rings (SSSR count). The summed E-state index contributed by atoms with van der Waals surface area (Å²) in [5, 5.41) is 13.4. The minimum Gasteiger partial charge on any atom is -0.391 e. The number of anilines is 2. The van der Waals surface area contributed by atoms with Crippen molar-refractivity contribution < 1.29 is 9.90 Å². The van der Waals surface area contributed by atoms with Crippen LogP contribution in [0.1, 0.15) is 16.1 Å². The standard InChI is InChI=1S/C20H20N6O2/c27-18-13-26(12-14(18)8-17-11-21-6-7-22-17)19(28)15-9-23-20(24-10-15)25-16-4-2-1-3-5-16/h1-7,9-11,14,18,27H,8,12-13H2,(H,23,24,25)/t14-,18-/m1/s1. The van der Waals surface area contributed by atoms with Crippen LogP contribution in [0.25, 0.3) is 0 Å². The lowest BCUT2D eigenvalue weighted by Gasteiger charge is -2.16. The number of hydrogen-bond acceptors (Lipinski definition) is 7. The highest BCUT2D eigenvalue weighted by Gasteiger charge is 2.34. The van der Waals surface area contributed by atoms with E-state index < -0.39 is 6.10 Å². The zero-order chi connectivity index (χ0) is 19.3. The zero-order valence-corrected chi connectivity index (χ0v) is 15.1. The number of likely N-dealkylation sites (tertiary alicyclic amines) is 1. The predicted octanol–water partition coefficient (Wildman–Crippen LogP) is 1.69. The molecule has 1 aliphatic rings. The molecule has 28 heavy (non-hydrogen) atoms. The average Bonchev–Trinajstić information content (AvgIpc) is 3.10. The summed E-state index contributed by atoms with van der Waals surface area (Å²) in [5.41, 5.74) is 2.07. The molecule has 1 saturated heterocycles. The van der Waals surface area contributed by atoms with E-state index in [0.29, 0.717) is 24.5 Å². The molecule has 2 atom stereocenters. The molecule has 1 aromatic carbocycles. The van der Waals surface area contributed by atoms with E-state index in [1.807, 2.05) is 30.3 Å². The smallest absolute Gasteiger partial charge is 0.257 e. The van der Waals surface area contributed by atoms with Crippen molar-refractivity contribution in [2.75, 3.05) is 18.4 Å². The number of aliphatic hydroxyl groups excluding tert-OH is 1. The summed E-state index contributed by atoms with van der Waals surface area (Å²) in [6.45, 7) is 0.744. The van der Waals surface area contributed by atoms with Crippen LogP contribution in [-0.2, 0) is 6.42 Å². The molecule has 1 amide bonds. The number of aliphatic hydroxyl groups is 1. The predicted molar refractivity (Wildman–Crippen MR) is 103 cm³/mol. The minimum atomic E-state index is -0.592. The van der Waals surface area contributed by atoms with Gasteiger partial charge in [0.15, 0.2) is 0 Å². The van der Waals surface area contributed by atoms with E-state index in [2.05, 4.69) is 25.3 Å². The molecule has 0 bridgehead atoms. The van der Waals surface area contributed by atoms with Gasteiger partial charge in [-0.15, -0.1) is 0 Å². The molecule has 1 aliphatic heterocycles. The largest absolute Gasteiger partial charge is 0.391 e. The third-order valence-electron chi connectivity index (χ3n) is 4.71. The normalized spacial score (nSPS) is 18.8. The van der Waals surface area contributed by atoms with Crippen LogP contribution in [0.2, 0.25) is 0 Å². The number of carbonyl (C=O) groups excluding carboxylic acids is 1. The van der Waals surface area contributed by atoms with Crippen molar-refractivity contribution in [1.82, 2.24) is 24.8 Å². The van der Waals surface area contributed by atoms with Gasteiger partial charge in [-0.25, -0.2) is 9.97 Å². The third kappa shape index (κ3) is 4.12. The number of carbonyl (C=O) groups is 1. The molecule has 0 aliphatic carbocycles. The van der Waals surface area contributed by atoms with Crippen LogP contribution in [0, 0.1) is 5.92 Å². The average molecular weight is 376 g/mol. The molecule has 8 heteroatoms. The Hall–Kier alpha value is -3.39. The molecule has 8 nitrogen and oxygen atoms in total. The van der Waals surface area contributed by atoms with Gasteiger partial charge in [-0.2, -0.15) is 0 Å². The number of hydrogen-bond donors (Lipinski definition) is 2. The lowest BCUT2D eigenvalue weighted by molar-refractivity contribution is 0.0764. The number of nitrogens with one attached hydrogen (secondary N) is 1. The lowest BCUT2D eigenvalue weighted by atomic mass is 10.0. The molecule has 2 aromatic heterocycles. The molecular formula is C20H20N6O2. The zero-order valence-electron chi connectivity index (χ0n) is 15.1. The lowest BCUT2D eigenvalue weighted by Crippen LogP contribution is -2.29. The number of β-amino-alcohol motifs (C(OH)–C–C–N with tert-alkyl or cyclic N) is 1. The first kappa shape index (κ1) is 18.0. The van der Waals surface area contributed by atoms with Crippen molar-refractivity contribution in [1.29, 1.82) is 0 Å². The van der Waals surface area contributed by atoms with Crippen molar-refractivity contribution >= 4 is 17.5 Å². The molecule has 0 spiro atoms. The highest BCUT2D eigenvalue weighted by Crippen LogP contribution is 2.22. The van der Waals surface area contributed by atoms with Gasteiger partial charge in [0.25, 0.3) is 5.91 Å². The molecule has 0 unspecified atom stereocenters. The second-order valence-corrected chi connectivity index (χ2v) is 6.72. The highest BCUT2D eigenvalue weighted by molar-refractivity contribution is 5.94. The molecule has 3 heterocycles. The van der Waals surface area contributed by atoms with E-state index in [1.165, 1.54) is 12.4 Å². The van der Waals surface area contributed by atoms with Crippen molar-refractivity contribution in [3.8, 4) is 0 Å². The van der Waals surface area contributed by atoms with E-state index in [1.54, 1.807) is 23.5 Å². The van der Waals surface area contributed by atoms with Gasteiger partial charge in [0, 0.05) is 55.7 Å². The van der Waals surface area contributed by atoms with Crippen LogP contribution < -0.4 is 5.32 Å². The fourth-order valence-electron chi connectivity index (χ4n) is 3.26. The molecular weight excluding hydrogens is 356 g/mol. The number of nitrogens with zero attached hydrogens (tertiary/aromatic N) is 5. The van der Waals surface area contributed by atoms with Crippen LogP contribution in [-0.4, -0.2) is 55.0 Å². The van der Waals surface area contributed by atoms with Crippen molar-refractivity contribution in [3.05, 3.63) is 72.6 Å². The number of rotatable bonds is 5. The minimum absolute atomic E-state index is 0.0689. The number of benzene rings is 1. The Balaban J connectivity index is 1.39. The molecule has 1 fully saturated rings. The summed E-state index contributed by atoms with van der Waals surface area (Å²) in [4.78, 5) is 31.1. The summed E-state index contributed by atoms with van der Waals surface area (Å²) in [6, 6.07) is 9.57. The first-order chi connectivity index (χ1) is 13.7. The van der Waals surface area contributed by atoms with Gasteiger partial charge in [-0.3, -0.25) is 14.8 Å². The van der Waals surface area contributed by atoms with Gasteiger partial charge in [-0.05, 0) is 18.6 Å². The second kappa shape index (κ2) is 8.10. The van der Waals surface area contributed by atoms with Gasteiger partial charge in [0.05, 0.1) is 17.4 Å². The van der Waals surface area contributed by atoms with Crippen LogP contribution in [0.5, 0.6) is 0 Å². The van der Waals surface area contributed by atoms with Gasteiger partial charge < -0.3 is 15.3 Å². The van der Waals surface area contributed by atoms with Gasteiger partial charge in [0.2, 0.25) is 5.95 Å². The van der Waals surface area contributed by atoms with Gasteiger partial charge in [-0.1, -0.05) is 18.2 Å². The Morgan fingerprint density at radius 2 is 1.86 bits per heavy atom. The van der Waals surface area contributed by atoms with Crippen LogP contribution in [0.4, 0.5) is 11.6 Å². The topological polar surface area (TPSA) is 104 Å².